The summed E-state index contributed by atoms with van der Waals surface area (Å²) in [5.41, 5.74) is 3.53. The summed E-state index contributed by atoms with van der Waals surface area (Å²) in [4.78, 5) is 7.31. The van der Waals surface area contributed by atoms with Gasteiger partial charge in [0.1, 0.15) is 5.82 Å². The molecule has 1 saturated heterocycles. The Bertz CT molecular complexity index is 679. The fourth-order valence-electron chi connectivity index (χ4n) is 3.08. The number of nitriles is 1. The van der Waals surface area contributed by atoms with E-state index in [1.165, 1.54) is 35.8 Å². The van der Waals surface area contributed by atoms with Crippen LogP contribution in [-0.4, -0.2) is 18.1 Å². The van der Waals surface area contributed by atoms with Gasteiger partial charge in [0.15, 0.2) is 0 Å². The van der Waals surface area contributed by atoms with E-state index >= 15 is 0 Å². The molecule has 0 spiro atoms. The first-order chi connectivity index (χ1) is 10.3. The first kappa shape index (κ1) is 13.9. The van der Waals surface area contributed by atoms with E-state index in [-0.39, 0.29) is 0 Å². The van der Waals surface area contributed by atoms with E-state index < -0.39 is 0 Å². The van der Waals surface area contributed by atoms with E-state index in [0.717, 1.165) is 30.8 Å². The van der Waals surface area contributed by atoms with E-state index in [4.69, 9.17) is 10.2 Å². The Balaban J connectivity index is 2.06. The van der Waals surface area contributed by atoms with Crippen LogP contribution in [-0.2, 0) is 6.42 Å². The summed E-state index contributed by atoms with van der Waals surface area (Å²) in [6.07, 6.45) is 5.15. The topological polar surface area (TPSA) is 39.9 Å². The van der Waals surface area contributed by atoms with Crippen molar-refractivity contribution in [2.45, 2.75) is 39.0 Å². The van der Waals surface area contributed by atoms with Gasteiger partial charge in [-0.3, -0.25) is 0 Å². The van der Waals surface area contributed by atoms with E-state index in [9.17, 15) is 0 Å². The molecule has 21 heavy (non-hydrogen) atoms. The highest BCUT2D eigenvalue weighted by Crippen LogP contribution is 2.27. The number of pyridine rings is 1. The van der Waals surface area contributed by atoms with Gasteiger partial charge >= 0.3 is 0 Å². The largest absolute Gasteiger partial charge is 0.356 e. The summed E-state index contributed by atoms with van der Waals surface area (Å²) in [6.45, 7) is 4.28. The maximum atomic E-state index is 8.90. The number of anilines is 1. The Kier molecular flexibility index (Phi) is 4.06. The molecule has 0 atom stereocenters. The highest BCUT2D eigenvalue weighted by Gasteiger charge is 2.16. The van der Waals surface area contributed by atoms with Gasteiger partial charge in [0, 0.05) is 24.9 Å². The fourth-order valence-corrected chi connectivity index (χ4v) is 3.08. The molecule has 3 nitrogen and oxygen atoms in total. The van der Waals surface area contributed by atoms with Crippen molar-refractivity contribution in [1.29, 1.82) is 5.26 Å². The van der Waals surface area contributed by atoms with Crippen molar-refractivity contribution in [3.63, 3.8) is 0 Å². The summed E-state index contributed by atoms with van der Waals surface area (Å²) >= 11 is 0. The maximum absolute atomic E-state index is 8.90. The number of hydrogen-bond acceptors (Lipinski definition) is 3. The van der Waals surface area contributed by atoms with Crippen LogP contribution < -0.4 is 4.90 Å². The smallest absolute Gasteiger partial charge is 0.132 e. The molecule has 3 rings (SSSR count). The molecule has 0 radical (unpaired) electrons. The van der Waals surface area contributed by atoms with Crippen LogP contribution in [0.2, 0.25) is 0 Å². The molecule has 2 aromatic rings. The molecule has 0 bridgehead atoms. The zero-order valence-electron chi connectivity index (χ0n) is 12.6. The molecule has 108 valence electrons. The molecule has 1 aliphatic heterocycles. The SMILES string of the molecule is Cc1ccc2nc(N3CCCCC3)c(CCC#N)cc2c1. The van der Waals surface area contributed by atoms with Crippen LogP contribution >= 0.6 is 0 Å². The molecular formula is C18H21N3. The fraction of sp³-hybridized carbons (Fsp3) is 0.444. The van der Waals surface area contributed by atoms with Gasteiger partial charge in [0.25, 0.3) is 0 Å². The standard InChI is InChI=1S/C18H21N3/c1-14-7-8-17-16(12-14)13-15(6-5-9-19)18(20-17)21-10-3-2-4-11-21/h7-8,12-13H,2-6,10-11H2,1H3. The van der Waals surface area contributed by atoms with Crippen LogP contribution in [0.1, 0.15) is 36.8 Å². The van der Waals surface area contributed by atoms with Gasteiger partial charge in [-0.25, -0.2) is 4.98 Å². The maximum Gasteiger partial charge on any atom is 0.132 e. The van der Waals surface area contributed by atoms with Gasteiger partial charge in [-0.15, -0.1) is 0 Å². The molecule has 1 aromatic carbocycles. The Morgan fingerprint density at radius 2 is 2.00 bits per heavy atom. The second-order valence-corrected chi connectivity index (χ2v) is 5.87. The second-order valence-electron chi connectivity index (χ2n) is 5.87. The first-order valence-corrected chi connectivity index (χ1v) is 7.80. The van der Waals surface area contributed by atoms with Crippen LogP contribution in [0.25, 0.3) is 10.9 Å². The summed E-state index contributed by atoms with van der Waals surface area (Å²) in [7, 11) is 0. The van der Waals surface area contributed by atoms with Crippen molar-refractivity contribution in [1.82, 2.24) is 4.98 Å². The minimum atomic E-state index is 0.555. The van der Waals surface area contributed by atoms with Gasteiger partial charge in [0.2, 0.25) is 0 Å². The van der Waals surface area contributed by atoms with Gasteiger partial charge in [0.05, 0.1) is 11.6 Å². The van der Waals surface area contributed by atoms with Crippen molar-refractivity contribution in [2.75, 3.05) is 18.0 Å². The first-order valence-electron chi connectivity index (χ1n) is 7.80. The van der Waals surface area contributed by atoms with E-state index in [1.54, 1.807) is 0 Å². The molecular weight excluding hydrogens is 258 g/mol. The number of rotatable bonds is 3. The number of piperidine rings is 1. The van der Waals surface area contributed by atoms with Crippen LogP contribution in [0.5, 0.6) is 0 Å². The predicted molar refractivity (Wildman–Crippen MR) is 86.5 cm³/mol. The molecule has 0 unspecified atom stereocenters. The van der Waals surface area contributed by atoms with E-state index in [0.29, 0.717) is 6.42 Å². The monoisotopic (exact) mass is 279 g/mol. The van der Waals surface area contributed by atoms with Crippen LogP contribution in [0.15, 0.2) is 24.3 Å². The zero-order valence-corrected chi connectivity index (χ0v) is 12.6. The van der Waals surface area contributed by atoms with Crippen molar-refractivity contribution in [3.05, 3.63) is 35.4 Å². The minimum Gasteiger partial charge on any atom is -0.356 e. The van der Waals surface area contributed by atoms with Crippen molar-refractivity contribution < 1.29 is 0 Å². The van der Waals surface area contributed by atoms with Crippen molar-refractivity contribution in [3.8, 4) is 6.07 Å². The van der Waals surface area contributed by atoms with Crippen molar-refractivity contribution >= 4 is 16.7 Å². The summed E-state index contributed by atoms with van der Waals surface area (Å²) < 4.78 is 0. The molecule has 0 amide bonds. The molecule has 0 N–H and O–H groups in total. The lowest BCUT2D eigenvalue weighted by Gasteiger charge is -2.29. The highest BCUT2D eigenvalue weighted by molar-refractivity contribution is 5.82. The second kappa shape index (κ2) is 6.13. The average molecular weight is 279 g/mol. The third-order valence-corrected chi connectivity index (χ3v) is 4.19. The molecule has 0 saturated carbocycles. The predicted octanol–water partition coefficient (Wildman–Crippen LogP) is 3.99. The van der Waals surface area contributed by atoms with Crippen LogP contribution in [0.4, 0.5) is 5.82 Å². The number of aryl methyl sites for hydroxylation is 2. The number of aromatic nitrogens is 1. The summed E-state index contributed by atoms with van der Waals surface area (Å²) in [5, 5.41) is 10.1. The third-order valence-electron chi connectivity index (χ3n) is 4.19. The summed E-state index contributed by atoms with van der Waals surface area (Å²) in [6, 6.07) is 10.9. The van der Waals surface area contributed by atoms with Crippen molar-refractivity contribution in [2.24, 2.45) is 0 Å². The quantitative estimate of drug-likeness (QED) is 0.853. The van der Waals surface area contributed by atoms with Crippen LogP contribution in [0.3, 0.4) is 0 Å². The van der Waals surface area contributed by atoms with Crippen LogP contribution in [0, 0.1) is 18.3 Å². The minimum absolute atomic E-state index is 0.555. The van der Waals surface area contributed by atoms with Gasteiger partial charge in [-0.05, 0) is 56.4 Å². The Labute approximate surface area is 126 Å². The van der Waals surface area contributed by atoms with Gasteiger partial charge in [-0.2, -0.15) is 5.26 Å². The molecule has 3 heteroatoms. The number of hydrogen-bond donors (Lipinski definition) is 0. The Hall–Kier alpha value is -2.08. The summed E-state index contributed by atoms with van der Waals surface area (Å²) in [5.74, 6) is 1.10. The number of benzene rings is 1. The molecule has 1 aromatic heterocycles. The van der Waals surface area contributed by atoms with Gasteiger partial charge in [-0.1, -0.05) is 11.6 Å². The number of fused-ring (bicyclic) bond motifs is 1. The lowest BCUT2D eigenvalue weighted by molar-refractivity contribution is 0.572. The lowest BCUT2D eigenvalue weighted by Crippen LogP contribution is -2.31. The molecule has 1 aliphatic rings. The molecule has 0 aliphatic carbocycles. The highest BCUT2D eigenvalue weighted by atomic mass is 15.2. The normalized spacial score (nSPS) is 15.1. The Morgan fingerprint density at radius 1 is 1.19 bits per heavy atom. The third kappa shape index (κ3) is 3.00. The van der Waals surface area contributed by atoms with E-state index in [1.807, 2.05) is 0 Å². The number of nitrogens with zero attached hydrogens (tertiary/aromatic N) is 3. The average Bonchev–Trinajstić information content (AvgIpc) is 2.52. The Morgan fingerprint density at radius 3 is 2.76 bits per heavy atom. The lowest BCUT2D eigenvalue weighted by atomic mass is 10.0. The molecule has 1 fully saturated rings. The zero-order chi connectivity index (χ0) is 14.7. The molecule has 2 heterocycles. The van der Waals surface area contributed by atoms with Gasteiger partial charge < -0.3 is 4.90 Å². The van der Waals surface area contributed by atoms with E-state index in [2.05, 4.69) is 42.2 Å².